The zero-order chi connectivity index (χ0) is 20.4. The zero-order valence-electron chi connectivity index (χ0n) is 17.6. The molecular weight excluding hydrogens is 484 g/mol. The minimum Gasteiger partial charge on any atom is -0.379 e. The van der Waals surface area contributed by atoms with Gasteiger partial charge in [-0.25, -0.2) is 4.39 Å². The van der Waals surface area contributed by atoms with Gasteiger partial charge in [-0.15, -0.1) is 24.0 Å². The standard InChI is InChI=1S/C21H32FN5O.HI/c1-4-17(5-2)20(27-8-10-28-11-9-27)15-26-21(24-3)25-14-18-12-16(13-23)6-7-19(18)22;/h6-7,12,17,20H,4-5,8-11,14-15H2,1-3H3,(H2,24,25,26);1H. The number of morpholine rings is 1. The van der Waals surface area contributed by atoms with Gasteiger partial charge in [0.1, 0.15) is 5.82 Å². The molecule has 0 amide bonds. The Balaban J connectivity index is 0.00000420. The highest BCUT2D eigenvalue weighted by Gasteiger charge is 2.27. The molecule has 1 aliphatic rings. The van der Waals surface area contributed by atoms with Gasteiger partial charge in [0, 0.05) is 44.8 Å². The Labute approximate surface area is 190 Å². The van der Waals surface area contributed by atoms with E-state index in [1.165, 1.54) is 12.1 Å². The highest BCUT2D eigenvalue weighted by atomic mass is 127. The van der Waals surface area contributed by atoms with Crippen molar-refractivity contribution in [2.75, 3.05) is 39.9 Å². The van der Waals surface area contributed by atoms with E-state index in [2.05, 4.69) is 34.4 Å². The second-order valence-electron chi connectivity index (χ2n) is 7.02. The van der Waals surface area contributed by atoms with Crippen molar-refractivity contribution in [3.05, 3.63) is 35.1 Å². The number of nitrogens with one attached hydrogen (secondary N) is 2. The Morgan fingerprint density at radius 3 is 2.55 bits per heavy atom. The lowest BCUT2D eigenvalue weighted by molar-refractivity contribution is 0.00272. The number of nitrogens with zero attached hydrogens (tertiary/aromatic N) is 3. The van der Waals surface area contributed by atoms with Gasteiger partial charge in [-0.3, -0.25) is 9.89 Å². The average Bonchev–Trinajstić information content (AvgIpc) is 2.74. The summed E-state index contributed by atoms with van der Waals surface area (Å²) in [5, 5.41) is 15.6. The summed E-state index contributed by atoms with van der Waals surface area (Å²) < 4.78 is 19.5. The van der Waals surface area contributed by atoms with Crippen LogP contribution < -0.4 is 10.6 Å². The van der Waals surface area contributed by atoms with E-state index in [0.717, 1.165) is 45.7 Å². The summed E-state index contributed by atoms with van der Waals surface area (Å²) in [4.78, 5) is 6.76. The minimum absolute atomic E-state index is 0. The Morgan fingerprint density at radius 1 is 1.28 bits per heavy atom. The third-order valence-electron chi connectivity index (χ3n) is 5.43. The molecule has 0 bridgehead atoms. The van der Waals surface area contributed by atoms with Gasteiger partial charge < -0.3 is 15.4 Å². The lowest BCUT2D eigenvalue weighted by Gasteiger charge is -2.39. The number of halogens is 2. The van der Waals surface area contributed by atoms with Gasteiger partial charge in [-0.05, 0) is 24.1 Å². The second-order valence-corrected chi connectivity index (χ2v) is 7.02. The summed E-state index contributed by atoms with van der Waals surface area (Å²) in [6.07, 6.45) is 2.25. The summed E-state index contributed by atoms with van der Waals surface area (Å²) in [6, 6.07) is 6.81. The molecule has 1 heterocycles. The monoisotopic (exact) mass is 517 g/mol. The molecule has 8 heteroatoms. The Hall–Kier alpha value is -1.44. The molecule has 1 saturated heterocycles. The first kappa shape index (κ1) is 25.6. The fourth-order valence-electron chi connectivity index (χ4n) is 3.72. The molecule has 6 nitrogen and oxygen atoms in total. The van der Waals surface area contributed by atoms with Crippen molar-refractivity contribution < 1.29 is 9.13 Å². The van der Waals surface area contributed by atoms with Crippen LogP contribution in [0.4, 0.5) is 4.39 Å². The maximum atomic E-state index is 14.0. The number of ether oxygens (including phenoxy) is 1. The lowest BCUT2D eigenvalue weighted by atomic mass is 9.92. The summed E-state index contributed by atoms with van der Waals surface area (Å²) in [6.45, 7) is 8.96. The van der Waals surface area contributed by atoms with E-state index in [1.807, 2.05) is 6.07 Å². The van der Waals surface area contributed by atoms with Crippen LogP contribution in [0.5, 0.6) is 0 Å². The molecule has 0 saturated carbocycles. The van der Waals surface area contributed by atoms with Crippen molar-refractivity contribution in [3.8, 4) is 6.07 Å². The molecule has 1 fully saturated rings. The smallest absolute Gasteiger partial charge is 0.191 e. The van der Waals surface area contributed by atoms with Crippen molar-refractivity contribution >= 4 is 29.9 Å². The van der Waals surface area contributed by atoms with Crippen LogP contribution in [0.1, 0.15) is 37.8 Å². The number of nitriles is 1. The van der Waals surface area contributed by atoms with Gasteiger partial charge in [0.15, 0.2) is 5.96 Å². The van der Waals surface area contributed by atoms with Crippen molar-refractivity contribution in [2.45, 2.75) is 39.3 Å². The Bertz CT molecular complexity index is 684. The van der Waals surface area contributed by atoms with Crippen LogP contribution in [-0.2, 0) is 11.3 Å². The first-order valence-electron chi connectivity index (χ1n) is 10.1. The number of benzene rings is 1. The highest BCUT2D eigenvalue weighted by Crippen LogP contribution is 2.19. The fraction of sp³-hybridized carbons (Fsp3) is 0.619. The van der Waals surface area contributed by atoms with Gasteiger partial charge in [0.25, 0.3) is 0 Å². The van der Waals surface area contributed by atoms with E-state index in [1.54, 1.807) is 13.1 Å². The molecule has 0 radical (unpaired) electrons. The van der Waals surface area contributed by atoms with Crippen LogP contribution in [0.25, 0.3) is 0 Å². The predicted molar refractivity (Wildman–Crippen MR) is 125 cm³/mol. The second kappa shape index (κ2) is 13.7. The van der Waals surface area contributed by atoms with E-state index in [-0.39, 0.29) is 36.3 Å². The molecule has 1 atom stereocenters. The number of rotatable bonds is 8. The van der Waals surface area contributed by atoms with Crippen LogP contribution in [0.3, 0.4) is 0 Å². The van der Waals surface area contributed by atoms with E-state index in [4.69, 9.17) is 10.00 Å². The largest absolute Gasteiger partial charge is 0.379 e. The first-order chi connectivity index (χ1) is 13.6. The molecule has 0 aliphatic carbocycles. The summed E-state index contributed by atoms with van der Waals surface area (Å²) in [7, 11) is 1.71. The van der Waals surface area contributed by atoms with Gasteiger partial charge in [-0.2, -0.15) is 5.26 Å². The summed E-state index contributed by atoms with van der Waals surface area (Å²) in [5.41, 5.74) is 0.897. The molecule has 1 aromatic rings. The molecule has 0 aromatic heterocycles. The van der Waals surface area contributed by atoms with E-state index in [9.17, 15) is 4.39 Å². The van der Waals surface area contributed by atoms with E-state index < -0.39 is 0 Å². The van der Waals surface area contributed by atoms with Crippen molar-refractivity contribution in [2.24, 2.45) is 10.9 Å². The molecule has 1 aliphatic heterocycles. The maximum Gasteiger partial charge on any atom is 0.191 e. The average molecular weight is 517 g/mol. The Morgan fingerprint density at radius 2 is 1.97 bits per heavy atom. The van der Waals surface area contributed by atoms with Crippen LogP contribution >= 0.6 is 24.0 Å². The molecule has 0 spiro atoms. The highest BCUT2D eigenvalue weighted by molar-refractivity contribution is 14.0. The van der Waals surface area contributed by atoms with Crippen molar-refractivity contribution in [1.29, 1.82) is 5.26 Å². The zero-order valence-corrected chi connectivity index (χ0v) is 19.9. The van der Waals surface area contributed by atoms with E-state index >= 15 is 0 Å². The third-order valence-corrected chi connectivity index (χ3v) is 5.43. The number of aliphatic imine (C=N–C) groups is 1. The van der Waals surface area contributed by atoms with Crippen LogP contribution in [0.15, 0.2) is 23.2 Å². The first-order valence-corrected chi connectivity index (χ1v) is 10.1. The van der Waals surface area contributed by atoms with Crippen molar-refractivity contribution in [1.82, 2.24) is 15.5 Å². The van der Waals surface area contributed by atoms with Crippen LogP contribution in [0, 0.1) is 23.1 Å². The third kappa shape index (κ3) is 7.72. The van der Waals surface area contributed by atoms with Gasteiger partial charge in [-0.1, -0.05) is 26.7 Å². The molecule has 29 heavy (non-hydrogen) atoms. The topological polar surface area (TPSA) is 72.7 Å². The van der Waals surface area contributed by atoms with Crippen molar-refractivity contribution in [3.63, 3.8) is 0 Å². The van der Waals surface area contributed by atoms with Gasteiger partial charge >= 0.3 is 0 Å². The molecule has 1 aromatic carbocycles. The molecule has 2 N–H and O–H groups in total. The molecule has 162 valence electrons. The van der Waals surface area contributed by atoms with Gasteiger partial charge in [0.05, 0.1) is 24.8 Å². The molecule has 1 unspecified atom stereocenters. The fourth-order valence-corrected chi connectivity index (χ4v) is 3.72. The summed E-state index contributed by atoms with van der Waals surface area (Å²) in [5.74, 6) is 0.893. The maximum absolute atomic E-state index is 14.0. The number of hydrogen-bond donors (Lipinski definition) is 2. The molecular formula is C21H33FIN5O. The SMILES string of the molecule is CCC(CC)C(CNC(=NC)NCc1cc(C#N)ccc1F)N1CCOCC1.I. The van der Waals surface area contributed by atoms with Gasteiger partial charge in [0.2, 0.25) is 0 Å². The number of hydrogen-bond acceptors (Lipinski definition) is 4. The normalized spacial score (nSPS) is 16.1. The minimum atomic E-state index is -0.329. The number of guanidine groups is 1. The quantitative estimate of drug-likeness (QED) is 0.315. The van der Waals surface area contributed by atoms with Crippen LogP contribution in [-0.4, -0.2) is 56.8 Å². The van der Waals surface area contributed by atoms with E-state index in [0.29, 0.717) is 29.0 Å². The Kier molecular flexibility index (Phi) is 12.1. The predicted octanol–water partition coefficient (Wildman–Crippen LogP) is 3.12. The van der Waals surface area contributed by atoms with Crippen LogP contribution in [0.2, 0.25) is 0 Å². The molecule has 2 rings (SSSR count). The lowest BCUT2D eigenvalue weighted by Crippen LogP contribution is -2.53. The summed E-state index contributed by atoms with van der Waals surface area (Å²) >= 11 is 0.